The molecule has 0 radical (unpaired) electrons. The number of amides is 2. The van der Waals surface area contributed by atoms with Gasteiger partial charge in [0.05, 0.1) is 0 Å². The van der Waals surface area contributed by atoms with E-state index in [1.807, 2.05) is 75.6 Å². The van der Waals surface area contributed by atoms with E-state index in [-0.39, 0.29) is 24.0 Å². The predicted molar refractivity (Wildman–Crippen MR) is 284 cm³/mol. The summed E-state index contributed by atoms with van der Waals surface area (Å²) in [6, 6.07) is 42.3. The predicted octanol–water partition coefficient (Wildman–Crippen LogP) is 11.6. The lowest BCUT2D eigenvalue weighted by atomic mass is 9.88. The first kappa shape index (κ1) is 54.4. The Morgan fingerprint density at radius 3 is 1.00 bits per heavy atom. The molecule has 2 amide bonds. The molecule has 364 valence electrons. The summed E-state index contributed by atoms with van der Waals surface area (Å²) in [6.45, 7) is 16.5. The highest BCUT2D eigenvalue weighted by Gasteiger charge is 2.23. The molecule has 0 aliphatic carbocycles. The first-order valence-corrected chi connectivity index (χ1v) is 25.2. The molecule has 4 rings (SSSR count). The molecule has 0 saturated heterocycles. The highest BCUT2D eigenvalue weighted by molar-refractivity contribution is 7.80. The summed E-state index contributed by atoms with van der Waals surface area (Å²) in [5.74, 6) is 0.546. The third kappa shape index (κ3) is 22.4. The molecule has 4 aromatic rings. The van der Waals surface area contributed by atoms with Crippen molar-refractivity contribution in [3.05, 3.63) is 144 Å². The molecule has 12 heteroatoms. The molecule has 0 aromatic heterocycles. The van der Waals surface area contributed by atoms with Crippen LogP contribution in [0.15, 0.2) is 121 Å². The lowest BCUT2D eigenvalue weighted by Crippen LogP contribution is -2.40. The number of hydrogen-bond donors (Lipinski definition) is 4. The molecule has 67 heavy (non-hydrogen) atoms. The van der Waals surface area contributed by atoms with Crippen molar-refractivity contribution in [2.45, 2.75) is 122 Å². The largest absolute Gasteiger partial charge is 0.444 e. The van der Waals surface area contributed by atoms with Crippen LogP contribution in [-0.4, -0.2) is 95.8 Å². The summed E-state index contributed by atoms with van der Waals surface area (Å²) in [7, 11) is 0. The molecule has 0 aliphatic heterocycles. The van der Waals surface area contributed by atoms with E-state index in [9.17, 15) is 9.59 Å². The molecule has 4 N–H and O–H groups in total. The van der Waals surface area contributed by atoms with E-state index < -0.39 is 11.2 Å². The third-order valence-corrected chi connectivity index (χ3v) is 11.8. The van der Waals surface area contributed by atoms with Crippen molar-refractivity contribution < 1.29 is 19.1 Å². The second-order valence-electron chi connectivity index (χ2n) is 19.1. The normalized spacial score (nSPS) is 11.5. The Kier molecular flexibility index (Phi) is 24.0. The minimum absolute atomic E-state index is 0.273. The molecule has 4 aromatic carbocycles. The number of carbonyl (C=O) groups excluding carboxylic acids is 2. The summed E-state index contributed by atoms with van der Waals surface area (Å²) in [5, 5.41) is 14.7. The van der Waals surface area contributed by atoms with Gasteiger partial charge in [-0.2, -0.15) is 0 Å². The van der Waals surface area contributed by atoms with Crippen molar-refractivity contribution in [2.24, 2.45) is 0 Å². The summed E-state index contributed by atoms with van der Waals surface area (Å²) in [5.41, 5.74) is 3.99. The molecular formula is C55H78N6O4S2. The SMILES string of the molecule is CC(C)(C)OC(=O)N(CCCCCCCN(CCCNC(=S)NCCC(c1ccccc1)c1ccccc1)C(=O)OC(C)(C)C)CCCNC(=S)NCCC(c1ccccc1)c1ccccc1. The smallest absolute Gasteiger partial charge is 0.410 e. The lowest BCUT2D eigenvalue weighted by molar-refractivity contribution is 0.0238. The molecular weight excluding hydrogens is 873 g/mol. The Labute approximate surface area is 413 Å². The number of nitrogens with one attached hydrogen (secondary N) is 4. The van der Waals surface area contributed by atoms with Crippen LogP contribution in [0.5, 0.6) is 0 Å². The van der Waals surface area contributed by atoms with Gasteiger partial charge in [-0.15, -0.1) is 0 Å². The lowest BCUT2D eigenvalue weighted by Gasteiger charge is -2.28. The molecule has 0 atom stereocenters. The van der Waals surface area contributed by atoms with Crippen LogP contribution in [-0.2, 0) is 9.47 Å². The van der Waals surface area contributed by atoms with Crippen molar-refractivity contribution in [3.8, 4) is 0 Å². The van der Waals surface area contributed by atoms with Crippen LogP contribution in [0.1, 0.15) is 133 Å². The summed E-state index contributed by atoms with van der Waals surface area (Å²) >= 11 is 11.3. The summed E-state index contributed by atoms with van der Waals surface area (Å²) < 4.78 is 11.6. The van der Waals surface area contributed by atoms with E-state index in [0.29, 0.717) is 49.5 Å². The number of ether oxygens (including phenoxy) is 2. The van der Waals surface area contributed by atoms with Gasteiger partial charge in [0.1, 0.15) is 11.2 Å². The van der Waals surface area contributed by atoms with Gasteiger partial charge in [-0.25, -0.2) is 9.59 Å². The van der Waals surface area contributed by atoms with Gasteiger partial charge in [0, 0.05) is 64.2 Å². The van der Waals surface area contributed by atoms with Gasteiger partial charge < -0.3 is 40.5 Å². The second kappa shape index (κ2) is 29.5. The van der Waals surface area contributed by atoms with Crippen LogP contribution in [0.4, 0.5) is 9.59 Å². The van der Waals surface area contributed by atoms with E-state index in [2.05, 4.69) is 118 Å². The number of nitrogens with zero attached hydrogens (tertiary/aromatic N) is 2. The van der Waals surface area contributed by atoms with E-state index in [1.54, 1.807) is 0 Å². The number of carbonyl (C=O) groups is 2. The van der Waals surface area contributed by atoms with Crippen LogP contribution in [0, 0.1) is 0 Å². The van der Waals surface area contributed by atoms with Gasteiger partial charge in [-0.1, -0.05) is 141 Å². The van der Waals surface area contributed by atoms with Crippen LogP contribution in [0.2, 0.25) is 0 Å². The minimum atomic E-state index is -0.579. The molecule has 0 saturated carbocycles. The van der Waals surface area contributed by atoms with Crippen LogP contribution < -0.4 is 21.3 Å². The molecule has 0 bridgehead atoms. The van der Waals surface area contributed by atoms with Crippen molar-refractivity contribution >= 4 is 46.8 Å². The Hall–Kier alpha value is -5.20. The van der Waals surface area contributed by atoms with Crippen molar-refractivity contribution in [3.63, 3.8) is 0 Å². The molecule has 0 spiro atoms. The second-order valence-corrected chi connectivity index (χ2v) is 19.9. The third-order valence-electron chi connectivity index (χ3n) is 11.2. The minimum Gasteiger partial charge on any atom is -0.444 e. The Balaban J connectivity index is 1.14. The first-order valence-electron chi connectivity index (χ1n) is 24.4. The van der Waals surface area contributed by atoms with Crippen molar-refractivity contribution in [1.29, 1.82) is 0 Å². The van der Waals surface area contributed by atoms with Crippen LogP contribution in [0.3, 0.4) is 0 Å². The quantitative estimate of drug-likeness (QED) is 0.0359. The molecule has 10 nitrogen and oxygen atoms in total. The van der Waals surface area contributed by atoms with E-state index in [1.165, 1.54) is 22.3 Å². The van der Waals surface area contributed by atoms with Gasteiger partial charge >= 0.3 is 12.2 Å². The van der Waals surface area contributed by atoms with Gasteiger partial charge in [0.2, 0.25) is 0 Å². The van der Waals surface area contributed by atoms with E-state index >= 15 is 0 Å². The zero-order chi connectivity index (χ0) is 48.3. The Morgan fingerprint density at radius 2 is 0.701 bits per heavy atom. The van der Waals surface area contributed by atoms with Crippen molar-refractivity contribution in [2.75, 3.05) is 52.4 Å². The number of hydrogen-bond acceptors (Lipinski definition) is 6. The number of thiocarbonyl (C=S) groups is 2. The highest BCUT2D eigenvalue weighted by Crippen LogP contribution is 2.28. The zero-order valence-corrected chi connectivity index (χ0v) is 42.7. The monoisotopic (exact) mass is 951 g/mol. The maximum Gasteiger partial charge on any atom is 0.410 e. The number of benzene rings is 4. The van der Waals surface area contributed by atoms with Gasteiger partial charge in [0.15, 0.2) is 10.2 Å². The van der Waals surface area contributed by atoms with Gasteiger partial charge in [-0.05, 0) is 127 Å². The zero-order valence-electron chi connectivity index (χ0n) is 41.1. The highest BCUT2D eigenvalue weighted by atomic mass is 32.1. The van der Waals surface area contributed by atoms with Crippen LogP contribution in [0.25, 0.3) is 0 Å². The maximum absolute atomic E-state index is 13.2. The fourth-order valence-corrected chi connectivity index (χ4v) is 8.31. The number of unbranched alkanes of at least 4 members (excludes halogenated alkanes) is 4. The molecule has 0 unspecified atom stereocenters. The van der Waals surface area contributed by atoms with Gasteiger partial charge in [0.25, 0.3) is 0 Å². The summed E-state index contributed by atoms with van der Waals surface area (Å²) in [6.07, 6.45) is 7.37. The summed E-state index contributed by atoms with van der Waals surface area (Å²) in [4.78, 5) is 30.1. The standard InChI is InChI=1S/C55H78N6O4S2/c1-54(2,3)64-52(62)60(42-24-36-56-50(66)58-38-34-48(44-26-14-10-15-27-44)45-28-16-11-17-29-45)40-22-8-7-9-23-41-61(53(63)65-55(4,5)6)43-25-37-57-51(67)59-39-35-49(46-30-18-12-19-31-46)47-32-20-13-21-33-47/h10-21,26-33,48-49H,7-9,22-25,34-43H2,1-6H3,(H2,56,58,66)(H2,57,59,67). The maximum atomic E-state index is 13.2. The number of rotatable bonds is 26. The average molecular weight is 951 g/mol. The Bertz CT molecular complexity index is 1790. The van der Waals surface area contributed by atoms with Gasteiger partial charge in [-0.3, -0.25) is 0 Å². The first-order chi connectivity index (χ1) is 32.2. The fourth-order valence-electron chi connectivity index (χ4n) is 7.90. The van der Waals surface area contributed by atoms with E-state index in [4.69, 9.17) is 33.9 Å². The van der Waals surface area contributed by atoms with Crippen molar-refractivity contribution in [1.82, 2.24) is 31.1 Å². The molecule has 0 heterocycles. The Morgan fingerprint density at radius 1 is 0.433 bits per heavy atom. The van der Waals surface area contributed by atoms with Crippen LogP contribution >= 0.6 is 24.4 Å². The topological polar surface area (TPSA) is 107 Å². The molecule has 0 aliphatic rings. The van der Waals surface area contributed by atoms with E-state index in [0.717, 1.165) is 70.9 Å². The fraction of sp³-hybridized carbons (Fsp3) is 0.491. The average Bonchev–Trinajstić information content (AvgIpc) is 3.30. The molecule has 0 fully saturated rings.